The first-order chi connectivity index (χ1) is 16.3. The molecule has 3 aromatic rings. The number of rotatable bonds is 5. The Balaban J connectivity index is 1.39. The Morgan fingerprint density at radius 1 is 0.882 bits per heavy atom. The van der Waals surface area contributed by atoms with Crippen LogP contribution in [0.5, 0.6) is 0 Å². The summed E-state index contributed by atoms with van der Waals surface area (Å²) in [5.74, 6) is -0.494. The monoisotopic (exact) mass is 498 g/mol. The van der Waals surface area contributed by atoms with Crippen LogP contribution in [0.4, 0.5) is 17.1 Å². The SMILES string of the molecule is O=C(Nc1ccc(N2CCN(C(=O)c3ccccc3)CC2)c(Cl)c1)c1ccc([N+](=O)[O-])cc1Cl. The third-order valence-corrected chi connectivity index (χ3v) is 6.16. The molecule has 1 N–H and O–H groups in total. The van der Waals surface area contributed by atoms with E-state index in [1.807, 2.05) is 41.3 Å². The molecule has 0 bridgehead atoms. The minimum atomic E-state index is -0.580. The molecule has 0 saturated carbocycles. The molecule has 4 rings (SSSR count). The van der Waals surface area contributed by atoms with E-state index in [0.29, 0.717) is 42.5 Å². The lowest BCUT2D eigenvalue weighted by atomic mass is 10.1. The largest absolute Gasteiger partial charge is 0.367 e. The van der Waals surface area contributed by atoms with Gasteiger partial charge in [-0.2, -0.15) is 0 Å². The van der Waals surface area contributed by atoms with E-state index in [4.69, 9.17) is 23.2 Å². The molecule has 0 aromatic heterocycles. The topological polar surface area (TPSA) is 95.8 Å². The van der Waals surface area contributed by atoms with E-state index < -0.39 is 10.8 Å². The van der Waals surface area contributed by atoms with Crippen LogP contribution in [0.3, 0.4) is 0 Å². The molecule has 0 unspecified atom stereocenters. The second-order valence-electron chi connectivity index (χ2n) is 7.69. The third kappa shape index (κ3) is 5.13. The van der Waals surface area contributed by atoms with Crippen LogP contribution in [0.2, 0.25) is 10.0 Å². The normalized spacial score (nSPS) is 13.5. The first kappa shape index (κ1) is 23.5. The fraction of sp³-hybridized carbons (Fsp3) is 0.167. The predicted molar refractivity (Wildman–Crippen MR) is 132 cm³/mol. The van der Waals surface area contributed by atoms with Crippen molar-refractivity contribution in [1.29, 1.82) is 0 Å². The molecule has 0 radical (unpaired) electrons. The van der Waals surface area contributed by atoms with Crippen LogP contribution in [-0.2, 0) is 0 Å². The highest BCUT2D eigenvalue weighted by atomic mass is 35.5. The van der Waals surface area contributed by atoms with Crippen molar-refractivity contribution in [2.75, 3.05) is 36.4 Å². The van der Waals surface area contributed by atoms with Gasteiger partial charge in [0, 0.05) is 49.6 Å². The number of anilines is 2. The van der Waals surface area contributed by atoms with Crippen molar-refractivity contribution in [1.82, 2.24) is 4.90 Å². The van der Waals surface area contributed by atoms with Gasteiger partial charge in [-0.05, 0) is 36.4 Å². The van der Waals surface area contributed by atoms with E-state index >= 15 is 0 Å². The number of hydrogen-bond acceptors (Lipinski definition) is 5. The van der Waals surface area contributed by atoms with Gasteiger partial charge in [-0.1, -0.05) is 41.4 Å². The van der Waals surface area contributed by atoms with E-state index in [9.17, 15) is 19.7 Å². The fourth-order valence-electron chi connectivity index (χ4n) is 3.76. The summed E-state index contributed by atoms with van der Waals surface area (Å²) in [6.45, 7) is 2.40. The van der Waals surface area contributed by atoms with Crippen LogP contribution in [0, 0.1) is 10.1 Å². The Kier molecular flexibility index (Phi) is 7.00. The van der Waals surface area contributed by atoms with Crippen molar-refractivity contribution in [2.45, 2.75) is 0 Å². The number of nitro benzene ring substituents is 1. The van der Waals surface area contributed by atoms with Gasteiger partial charge in [0.2, 0.25) is 0 Å². The molecular weight excluding hydrogens is 479 g/mol. The van der Waals surface area contributed by atoms with Gasteiger partial charge in [-0.25, -0.2) is 0 Å². The van der Waals surface area contributed by atoms with Gasteiger partial charge in [0.1, 0.15) is 0 Å². The summed E-state index contributed by atoms with van der Waals surface area (Å²) in [6, 6.07) is 18.0. The summed E-state index contributed by atoms with van der Waals surface area (Å²) in [4.78, 5) is 39.4. The highest BCUT2D eigenvalue weighted by molar-refractivity contribution is 6.35. The zero-order valence-corrected chi connectivity index (χ0v) is 19.4. The molecular formula is C24H20Cl2N4O4. The highest BCUT2D eigenvalue weighted by Crippen LogP contribution is 2.31. The number of nitrogens with zero attached hydrogens (tertiary/aromatic N) is 3. The van der Waals surface area contributed by atoms with Crippen LogP contribution in [-0.4, -0.2) is 47.8 Å². The number of nitrogens with one attached hydrogen (secondary N) is 1. The molecule has 0 atom stereocenters. The van der Waals surface area contributed by atoms with Gasteiger partial charge in [0.25, 0.3) is 17.5 Å². The molecule has 10 heteroatoms. The van der Waals surface area contributed by atoms with Crippen LogP contribution < -0.4 is 10.2 Å². The van der Waals surface area contributed by atoms with E-state index in [0.717, 1.165) is 11.8 Å². The summed E-state index contributed by atoms with van der Waals surface area (Å²) in [5.41, 5.74) is 1.86. The lowest BCUT2D eigenvalue weighted by Crippen LogP contribution is -2.48. The lowest BCUT2D eigenvalue weighted by Gasteiger charge is -2.36. The first-order valence-corrected chi connectivity index (χ1v) is 11.2. The van der Waals surface area contributed by atoms with Crippen LogP contribution in [0.1, 0.15) is 20.7 Å². The van der Waals surface area contributed by atoms with Gasteiger partial charge >= 0.3 is 0 Å². The molecule has 0 spiro atoms. The molecule has 3 aromatic carbocycles. The fourth-order valence-corrected chi connectivity index (χ4v) is 4.32. The van der Waals surface area contributed by atoms with Gasteiger partial charge < -0.3 is 15.1 Å². The molecule has 2 amide bonds. The molecule has 1 aliphatic heterocycles. The molecule has 0 aliphatic carbocycles. The van der Waals surface area contributed by atoms with E-state index in [1.54, 1.807) is 12.1 Å². The maximum absolute atomic E-state index is 12.6. The predicted octanol–water partition coefficient (Wildman–Crippen LogP) is 5.12. The maximum Gasteiger partial charge on any atom is 0.270 e. The van der Waals surface area contributed by atoms with Crippen LogP contribution in [0.25, 0.3) is 0 Å². The summed E-state index contributed by atoms with van der Waals surface area (Å²) < 4.78 is 0. The summed E-state index contributed by atoms with van der Waals surface area (Å²) in [6.07, 6.45) is 0. The average Bonchev–Trinajstić information content (AvgIpc) is 2.84. The Morgan fingerprint density at radius 2 is 1.59 bits per heavy atom. The quantitative estimate of drug-likeness (QED) is 0.389. The number of non-ortho nitro benzene ring substituents is 1. The number of halogens is 2. The smallest absolute Gasteiger partial charge is 0.270 e. The maximum atomic E-state index is 12.6. The summed E-state index contributed by atoms with van der Waals surface area (Å²) in [5, 5.41) is 14.0. The van der Waals surface area contributed by atoms with Gasteiger partial charge in [-0.15, -0.1) is 0 Å². The van der Waals surface area contributed by atoms with Crippen LogP contribution >= 0.6 is 23.2 Å². The molecule has 1 saturated heterocycles. The second kappa shape index (κ2) is 10.1. The van der Waals surface area contributed by atoms with Crippen molar-refractivity contribution >= 4 is 52.1 Å². The number of hydrogen-bond donors (Lipinski definition) is 1. The molecule has 1 heterocycles. The Labute approximate surface area is 205 Å². The van der Waals surface area contributed by atoms with Crippen LogP contribution in [0.15, 0.2) is 66.7 Å². The summed E-state index contributed by atoms with van der Waals surface area (Å²) >= 11 is 12.5. The van der Waals surface area contributed by atoms with Crippen molar-refractivity contribution in [3.63, 3.8) is 0 Å². The molecule has 34 heavy (non-hydrogen) atoms. The zero-order chi connectivity index (χ0) is 24.2. The van der Waals surface area contributed by atoms with Crippen molar-refractivity contribution in [2.24, 2.45) is 0 Å². The summed E-state index contributed by atoms with van der Waals surface area (Å²) in [7, 11) is 0. The zero-order valence-electron chi connectivity index (χ0n) is 17.9. The van der Waals surface area contributed by atoms with Crippen molar-refractivity contribution in [3.8, 4) is 0 Å². The lowest BCUT2D eigenvalue weighted by molar-refractivity contribution is -0.384. The van der Waals surface area contributed by atoms with Gasteiger partial charge in [-0.3, -0.25) is 19.7 Å². The molecule has 174 valence electrons. The van der Waals surface area contributed by atoms with Crippen molar-refractivity contribution in [3.05, 3.63) is 98.0 Å². The van der Waals surface area contributed by atoms with Gasteiger partial charge in [0.15, 0.2) is 0 Å². The second-order valence-corrected chi connectivity index (χ2v) is 8.50. The van der Waals surface area contributed by atoms with E-state index in [-0.39, 0.29) is 22.2 Å². The number of carbonyl (C=O) groups excluding carboxylic acids is 2. The molecule has 8 nitrogen and oxygen atoms in total. The van der Waals surface area contributed by atoms with E-state index in [1.165, 1.54) is 12.1 Å². The number of nitro groups is 1. The number of benzene rings is 3. The Hall–Kier alpha value is -3.62. The minimum Gasteiger partial charge on any atom is -0.367 e. The number of carbonyl (C=O) groups is 2. The number of amides is 2. The number of piperazine rings is 1. The van der Waals surface area contributed by atoms with Gasteiger partial charge in [0.05, 0.1) is 26.2 Å². The van der Waals surface area contributed by atoms with E-state index in [2.05, 4.69) is 10.2 Å². The van der Waals surface area contributed by atoms with Crippen molar-refractivity contribution < 1.29 is 14.5 Å². The third-order valence-electron chi connectivity index (χ3n) is 5.54. The molecule has 1 fully saturated rings. The first-order valence-electron chi connectivity index (χ1n) is 10.5. The average molecular weight is 499 g/mol. The highest BCUT2D eigenvalue weighted by Gasteiger charge is 2.23. The Bertz CT molecular complexity index is 1240. The minimum absolute atomic E-state index is 0.00862. The molecule has 1 aliphatic rings. The Morgan fingerprint density at radius 3 is 2.21 bits per heavy atom. The standard InChI is InChI=1S/C24H20Cl2N4O4/c25-20-15-18(30(33)34)7-8-19(20)23(31)27-17-6-9-22(21(26)14-17)28-10-12-29(13-11-28)24(32)16-4-2-1-3-5-16/h1-9,14-15H,10-13H2,(H,27,31).